The molecule has 3 heterocycles. The van der Waals surface area contributed by atoms with Gasteiger partial charge in [-0.15, -0.1) is 0 Å². The largest absolute Gasteiger partial charge is 0.392 e. The van der Waals surface area contributed by atoms with Crippen molar-refractivity contribution in [3.63, 3.8) is 0 Å². The predicted octanol–water partition coefficient (Wildman–Crippen LogP) is 5.71. The number of para-hydroxylation sites is 1. The van der Waals surface area contributed by atoms with Crippen molar-refractivity contribution in [3.8, 4) is 0 Å². The zero-order valence-corrected chi connectivity index (χ0v) is 27.6. The number of likely N-dealkylation sites (tertiary alicyclic amines) is 1. The zero-order chi connectivity index (χ0) is 32.5. The SMILES string of the molecule is CC1C(CN2CCC3(CC2)C(=O)NCN3c2ccccc2)OC(c2cccc(NC(=O)C(Cl)(Cl)Cl)c2)OC1c1ccc(CO)cc1. The number of carbonyl (C=O) groups excluding carboxylic acids is 2. The highest BCUT2D eigenvalue weighted by Gasteiger charge is 2.51. The van der Waals surface area contributed by atoms with Crippen LogP contribution in [-0.2, 0) is 25.7 Å². The van der Waals surface area contributed by atoms with Crippen molar-refractivity contribution in [1.82, 2.24) is 10.2 Å². The van der Waals surface area contributed by atoms with Crippen LogP contribution in [0.15, 0.2) is 78.9 Å². The van der Waals surface area contributed by atoms with Gasteiger partial charge in [0.15, 0.2) is 6.29 Å². The van der Waals surface area contributed by atoms with Crippen molar-refractivity contribution in [2.24, 2.45) is 5.92 Å². The molecule has 0 aromatic heterocycles. The minimum atomic E-state index is -2.11. The first-order valence-electron chi connectivity index (χ1n) is 15.4. The summed E-state index contributed by atoms with van der Waals surface area (Å²) in [6.07, 6.45) is 0.148. The fraction of sp³-hybridized carbons (Fsp3) is 0.412. The summed E-state index contributed by atoms with van der Waals surface area (Å²) in [5.41, 5.74) is 3.41. The maximum Gasteiger partial charge on any atom is 0.276 e. The number of ether oxygens (including phenoxy) is 2. The Balaban J connectivity index is 1.21. The highest BCUT2D eigenvalue weighted by Crippen LogP contribution is 2.43. The third kappa shape index (κ3) is 6.87. The standard InChI is InChI=1S/C34H37Cl3N4O5/c1-22-28(19-40-16-14-33(15-17-40)31(43)38-21-41(33)27-8-3-2-4-9-27)45-30(46-29(22)24-12-10-23(20-42)11-13-24)25-6-5-7-26(18-25)39-32(44)34(35,36)37/h2-13,18,22,28-30,42H,14-17,19-21H2,1H3,(H,38,43)(H,39,44). The Bertz CT molecular complexity index is 1530. The van der Waals surface area contributed by atoms with Gasteiger partial charge in [0.2, 0.25) is 5.91 Å². The third-order valence-electron chi connectivity index (χ3n) is 9.32. The molecule has 0 saturated carbocycles. The second-order valence-electron chi connectivity index (χ2n) is 12.2. The summed E-state index contributed by atoms with van der Waals surface area (Å²) < 4.78 is 11.1. The van der Waals surface area contributed by atoms with E-state index >= 15 is 0 Å². The van der Waals surface area contributed by atoms with Crippen molar-refractivity contribution in [1.29, 1.82) is 0 Å². The quantitative estimate of drug-likeness (QED) is 0.274. The maximum atomic E-state index is 13.2. The summed E-state index contributed by atoms with van der Waals surface area (Å²) in [6, 6.07) is 24.9. The van der Waals surface area contributed by atoms with E-state index in [0.29, 0.717) is 37.3 Å². The Morgan fingerprint density at radius 2 is 1.72 bits per heavy atom. The number of hydrogen-bond acceptors (Lipinski definition) is 7. The average Bonchev–Trinajstić information content (AvgIpc) is 3.37. The molecule has 12 heteroatoms. The number of piperidine rings is 1. The van der Waals surface area contributed by atoms with E-state index in [0.717, 1.165) is 29.9 Å². The number of aliphatic hydroxyl groups is 1. The first-order chi connectivity index (χ1) is 22.1. The molecule has 1 spiro atoms. The van der Waals surface area contributed by atoms with Crippen molar-refractivity contribution >= 4 is 58.0 Å². The topological polar surface area (TPSA) is 103 Å². The van der Waals surface area contributed by atoms with Crippen molar-refractivity contribution in [2.75, 3.05) is 36.5 Å². The minimum absolute atomic E-state index is 0.0186. The van der Waals surface area contributed by atoms with Crippen LogP contribution in [0.25, 0.3) is 0 Å². The molecule has 0 aliphatic carbocycles. The van der Waals surface area contributed by atoms with Gasteiger partial charge in [-0.1, -0.05) is 96.3 Å². The van der Waals surface area contributed by atoms with Gasteiger partial charge in [0.1, 0.15) is 5.54 Å². The van der Waals surface area contributed by atoms with Gasteiger partial charge in [0, 0.05) is 42.5 Å². The van der Waals surface area contributed by atoms with Crippen molar-refractivity contribution in [3.05, 3.63) is 95.6 Å². The zero-order valence-electron chi connectivity index (χ0n) is 25.4. The van der Waals surface area contributed by atoms with Crippen LogP contribution >= 0.6 is 34.8 Å². The van der Waals surface area contributed by atoms with E-state index in [1.54, 1.807) is 18.2 Å². The first kappa shape index (κ1) is 33.0. The third-order valence-corrected chi connectivity index (χ3v) is 9.84. The van der Waals surface area contributed by atoms with Crippen LogP contribution in [0.5, 0.6) is 0 Å². The molecule has 3 aromatic rings. The number of nitrogens with zero attached hydrogens (tertiary/aromatic N) is 2. The fourth-order valence-corrected chi connectivity index (χ4v) is 6.83. The first-order valence-corrected chi connectivity index (χ1v) is 16.5. The number of benzene rings is 3. The highest BCUT2D eigenvalue weighted by atomic mass is 35.6. The summed E-state index contributed by atoms with van der Waals surface area (Å²) in [5.74, 6) is -0.701. The van der Waals surface area contributed by atoms with Crippen LogP contribution in [0.4, 0.5) is 11.4 Å². The lowest BCUT2D eigenvalue weighted by atomic mass is 9.84. The lowest BCUT2D eigenvalue weighted by molar-refractivity contribution is -0.276. The van der Waals surface area contributed by atoms with Gasteiger partial charge in [0.25, 0.3) is 9.70 Å². The molecule has 3 aliphatic rings. The van der Waals surface area contributed by atoms with Gasteiger partial charge in [-0.2, -0.15) is 0 Å². The Hall–Kier alpha value is -2.89. The number of rotatable bonds is 7. The number of halogens is 3. The van der Waals surface area contributed by atoms with Gasteiger partial charge in [-0.25, -0.2) is 0 Å². The summed E-state index contributed by atoms with van der Waals surface area (Å²) in [5, 5.41) is 15.3. The van der Waals surface area contributed by atoms with Gasteiger partial charge in [-0.05, 0) is 48.2 Å². The Kier molecular flexibility index (Phi) is 9.83. The summed E-state index contributed by atoms with van der Waals surface area (Å²) in [6.45, 7) is 4.71. The van der Waals surface area contributed by atoms with Gasteiger partial charge >= 0.3 is 0 Å². The molecule has 3 saturated heterocycles. The predicted molar refractivity (Wildman–Crippen MR) is 179 cm³/mol. The van der Waals surface area contributed by atoms with Gasteiger partial charge < -0.3 is 35.0 Å². The van der Waals surface area contributed by atoms with Crippen LogP contribution in [0, 0.1) is 5.92 Å². The molecule has 244 valence electrons. The van der Waals surface area contributed by atoms with Crippen LogP contribution in [0.3, 0.4) is 0 Å². The molecule has 3 N–H and O–H groups in total. The molecule has 2 amide bonds. The normalized spacial score (nSPS) is 25.0. The number of aliphatic hydroxyl groups excluding tert-OH is 1. The average molecular weight is 688 g/mol. The monoisotopic (exact) mass is 686 g/mol. The molecule has 3 aromatic carbocycles. The van der Waals surface area contributed by atoms with Gasteiger partial charge in [0.05, 0.1) is 25.5 Å². The Labute approximate surface area is 283 Å². The Morgan fingerprint density at radius 3 is 2.39 bits per heavy atom. The van der Waals surface area contributed by atoms with Crippen molar-refractivity contribution in [2.45, 2.75) is 54.2 Å². The lowest BCUT2D eigenvalue weighted by Crippen LogP contribution is -2.57. The Morgan fingerprint density at radius 1 is 1.00 bits per heavy atom. The number of amides is 2. The molecule has 4 unspecified atom stereocenters. The number of nitrogens with one attached hydrogen (secondary N) is 2. The summed E-state index contributed by atoms with van der Waals surface area (Å²) >= 11 is 17.3. The van der Waals surface area contributed by atoms with E-state index in [-0.39, 0.29) is 30.6 Å². The fourth-order valence-electron chi connectivity index (χ4n) is 6.69. The van der Waals surface area contributed by atoms with Crippen LogP contribution in [0.1, 0.15) is 48.8 Å². The van der Waals surface area contributed by atoms with Crippen LogP contribution < -0.4 is 15.5 Å². The number of alkyl halides is 3. The van der Waals surface area contributed by atoms with E-state index in [2.05, 4.69) is 39.5 Å². The molecular formula is C34H37Cl3N4O5. The van der Waals surface area contributed by atoms with E-state index in [1.165, 1.54) is 0 Å². The highest BCUT2D eigenvalue weighted by molar-refractivity contribution is 6.76. The van der Waals surface area contributed by atoms with Gasteiger partial charge in [-0.3, -0.25) is 9.59 Å². The number of carbonyl (C=O) groups is 2. The molecule has 3 aliphatic heterocycles. The molecule has 6 rings (SSSR count). The van der Waals surface area contributed by atoms with Crippen molar-refractivity contribution < 1.29 is 24.2 Å². The molecule has 0 bridgehead atoms. The molecule has 0 radical (unpaired) electrons. The molecule has 4 atom stereocenters. The lowest BCUT2D eigenvalue weighted by Gasteiger charge is -2.46. The maximum absolute atomic E-state index is 13.2. The summed E-state index contributed by atoms with van der Waals surface area (Å²) in [4.78, 5) is 30.1. The number of anilines is 2. The minimum Gasteiger partial charge on any atom is -0.392 e. The van der Waals surface area contributed by atoms with Crippen LogP contribution in [0.2, 0.25) is 0 Å². The summed E-state index contributed by atoms with van der Waals surface area (Å²) in [7, 11) is 0. The number of hydrogen-bond donors (Lipinski definition) is 3. The molecule has 9 nitrogen and oxygen atoms in total. The second-order valence-corrected chi connectivity index (χ2v) is 14.4. The molecular weight excluding hydrogens is 651 g/mol. The molecule has 46 heavy (non-hydrogen) atoms. The van der Waals surface area contributed by atoms with Crippen LogP contribution in [-0.4, -0.2) is 63.6 Å². The van der Waals surface area contributed by atoms with E-state index < -0.39 is 21.5 Å². The van der Waals surface area contributed by atoms with E-state index in [9.17, 15) is 14.7 Å². The van der Waals surface area contributed by atoms with E-state index in [4.69, 9.17) is 44.3 Å². The second kappa shape index (κ2) is 13.7. The smallest absolute Gasteiger partial charge is 0.276 e. The van der Waals surface area contributed by atoms with E-state index in [1.807, 2.05) is 48.5 Å². The molecule has 3 fully saturated rings.